The highest BCUT2D eigenvalue weighted by Crippen LogP contribution is 2.19. The number of ether oxygens (including phenoxy) is 2. The van der Waals surface area contributed by atoms with Crippen LogP contribution in [0, 0.1) is 6.92 Å². The van der Waals surface area contributed by atoms with Crippen molar-refractivity contribution in [2.45, 2.75) is 6.92 Å². The number of hydrogen-bond donors (Lipinski definition) is 1. The smallest absolute Gasteiger partial charge is 0.119 e. The monoisotopic (exact) mass is 296 g/mol. The maximum Gasteiger partial charge on any atom is 0.119 e. The number of nitrogens with zero attached hydrogens (tertiary/aromatic N) is 1. The Hall–Kier alpha value is -2.75. The van der Waals surface area contributed by atoms with Crippen molar-refractivity contribution in [2.75, 3.05) is 20.0 Å². The molecule has 0 saturated heterocycles. The van der Waals surface area contributed by atoms with Gasteiger partial charge in [-0.2, -0.15) is 0 Å². The summed E-state index contributed by atoms with van der Waals surface area (Å²) in [6.07, 6.45) is 0. The van der Waals surface area contributed by atoms with Gasteiger partial charge in [-0.15, -0.1) is 0 Å². The SMILES string of the molecule is COc1ccc(N)cc1.COc1ccc2nc(C)ccc2c1. The van der Waals surface area contributed by atoms with E-state index in [1.54, 1.807) is 26.4 Å². The number of nitrogen functional groups attached to an aromatic ring is 1. The summed E-state index contributed by atoms with van der Waals surface area (Å²) < 4.78 is 10.0. The third kappa shape index (κ3) is 4.12. The van der Waals surface area contributed by atoms with E-state index >= 15 is 0 Å². The van der Waals surface area contributed by atoms with Crippen LogP contribution in [0.3, 0.4) is 0 Å². The van der Waals surface area contributed by atoms with Crippen LogP contribution in [0.15, 0.2) is 54.6 Å². The highest BCUT2D eigenvalue weighted by atomic mass is 16.5. The molecule has 1 aromatic heterocycles. The summed E-state index contributed by atoms with van der Waals surface area (Å²) in [4.78, 5) is 4.40. The molecule has 0 unspecified atom stereocenters. The number of rotatable bonds is 2. The Morgan fingerprint density at radius 2 is 1.45 bits per heavy atom. The number of fused-ring (bicyclic) bond motifs is 1. The van der Waals surface area contributed by atoms with Crippen molar-refractivity contribution < 1.29 is 9.47 Å². The number of methoxy groups -OCH3 is 2. The van der Waals surface area contributed by atoms with Crippen LogP contribution in [0.1, 0.15) is 5.69 Å². The Morgan fingerprint density at radius 3 is 2.09 bits per heavy atom. The first kappa shape index (κ1) is 15.6. The summed E-state index contributed by atoms with van der Waals surface area (Å²) >= 11 is 0. The number of anilines is 1. The zero-order valence-corrected chi connectivity index (χ0v) is 13.0. The van der Waals surface area contributed by atoms with Gasteiger partial charge in [0.05, 0.1) is 19.7 Å². The molecule has 0 aliphatic heterocycles. The molecule has 0 spiro atoms. The van der Waals surface area contributed by atoms with Crippen LogP contribution in [0.2, 0.25) is 0 Å². The normalized spacial score (nSPS) is 9.77. The minimum Gasteiger partial charge on any atom is -0.497 e. The molecule has 0 atom stereocenters. The fraction of sp³-hybridized carbons (Fsp3) is 0.167. The van der Waals surface area contributed by atoms with E-state index in [2.05, 4.69) is 11.1 Å². The lowest BCUT2D eigenvalue weighted by Gasteiger charge is -2.02. The highest BCUT2D eigenvalue weighted by molar-refractivity contribution is 5.80. The van der Waals surface area contributed by atoms with E-state index in [9.17, 15) is 0 Å². The molecule has 0 amide bonds. The summed E-state index contributed by atoms with van der Waals surface area (Å²) in [5.74, 6) is 1.71. The Balaban J connectivity index is 0.000000172. The number of pyridine rings is 1. The number of aryl methyl sites for hydroxylation is 1. The largest absolute Gasteiger partial charge is 0.497 e. The van der Waals surface area contributed by atoms with Gasteiger partial charge in [-0.25, -0.2) is 0 Å². The van der Waals surface area contributed by atoms with Crippen LogP contribution >= 0.6 is 0 Å². The van der Waals surface area contributed by atoms with E-state index in [4.69, 9.17) is 15.2 Å². The molecule has 114 valence electrons. The molecule has 4 heteroatoms. The zero-order chi connectivity index (χ0) is 15.9. The number of nitrogens with two attached hydrogens (primary N) is 1. The van der Waals surface area contributed by atoms with Gasteiger partial charge in [0.25, 0.3) is 0 Å². The summed E-state index contributed by atoms with van der Waals surface area (Å²) in [5, 5.41) is 1.12. The maximum absolute atomic E-state index is 5.43. The Labute approximate surface area is 130 Å². The van der Waals surface area contributed by atoms with E-state index in [1.807, 2.05) is 43.3 Å². The summed E-state index contributed by atoms with van der Waals surface area (Å²) in [5.41, 5.74) is 8.24. The fourth-order valence-electron chi connectivity index (χ4n) is 1.94. The zero-order valence-electron chi connectivity index (χ0n) is 13.0. The molecule has 4 nitrogen and oxygen atoms in total. The minimum absolute atomic E-state index is 0.760. The van der Waals surface area contributed by atoms with Crippen molar-refractivity contribution in [3.63, 3.8) is 0 Å². The molecular formula is C18H20N2O2. The van der Waals surface area contributed by atoms with Gasteiger partial charge in [-0.1, -0.05) is 6.07 Å². The molecule has 0 bridgehead atoms. The third-order valence-corrected chi connectivity index (χ3v) is 3.15. The van der Waals surface area contributed by atoms with Crippen molar-refractivity contribution in [1.29, 1.82) is 0 Å². The van der Waals surface area contributed by atoms with Gasteiger partial charge < -0.3 is 15.2 Å². The fourth-order valence-corrected chi connectivity index (χ4v) is 1.94. The van der Waals surface area contributed by atoms with Crippen molar-refractivity contribution in [3.05, 3.63) is 60.3 Å². The van der Waals surface area contributed by atoms with Crippen molar-refractivity contribution in [2.24, 2.45) is 0 Å². The summed E-state index contributed by atoms with van der Waals surface area (Å²) in [6, 6.07) is 17.2. The third-order valence-electron chi connectivity index (χ3n) is 3.15. The van der Waals surface area contributed by atoms with Crippen LogP contribution in [0.25, 0.3) is 10.9 Å². The van der Waals surface area contributed by atoms with Gasteiger partial charge in [-0.05, 0) is 55.5 Å². The van der Waals surface area contributed by atoms with E-state index < -0.39 is 0 Å². The van der Waals surface area contributed by atoms with E-state index in [0.717, 1.165) is 33.8 Å². The number of hydrogen-bond acceptors (Lipinski definition) is 4. The molecule has 3 aromatic rings. The number of aromatic nitrogens is 1. The molecule has 2 N–H and O–H groups in total. The standard InChI is InChI=1S/C11H11NO.C7H9NO/c1-8-3-4-9-7-10(13-2)5-6-11(9)12-8;1-9-7-4-2-6(8)3-5-7/h3-7H,1-2H3;2-5H,8H2,1H3. The average Bonchev–Trinajstić information content (AvgIpc) is 2.55. The molecule has 0 saturated carbocycles. The lowest BCUT2D eigenvalue weighted by molar-refractivity contribution is 0.415. The average molecular weight is 296 g/mol. The number of benzene rings is 2. The van der Waals surface area contributed by atoms with Gasteiger partial charge in [0.1, 0.15) is 11.5 Å². The van der Waals surface area contributed by atoms with Crippen LogP contribution < -0.4 is 15.2 Å². The molecule has 0 fully saturated rings. The molecule has 0 aliphatic carbocycles. The van der Waals surface area contributed by atoms with Crippen LogP contribution in [-0.2, 0) is 0 Å². The molecule has 1 heterocycles. The van der Waals surface area contributed by atoms with Gasteiger partial charge in [-0.3, -0.25) is 4.98 Å². The first-order valence-corrected chi connectivity index (χ1v) is 6.93. The van der Waals surface area contributed by atoms with Gasteiger partial charge in [0.15, 0.2) is 0 Å². The van der Waals surface area contributed by atoms with Crippen LogP contribution in [0.5, 0.6) is 11.5 Å². The lowest BCUT2D eigenvalue weighted by Crippen LogP contribution is -1.85. The van der Waals surface area contributed by atoms with Crippen LogP contribution in [0.4, 0.5) is 5.69 Å². The van der Waals surface area contributed by atoms with Gasteiger partial charge in [0.2, 0.25) is 0 Å². The predicted molar refractivity (Wildman–Crippen MR) is 90.4 cm³/mol. The topological polar surface area (TPSA) is 57.4 Å². The molecule has 0 aliphatic rings. The second-order valence-corrected chi connectivity index (χ2v) is 4.78. The van der Waals surface area contributed by atoms with Crippen LogP contribution in [-0.4, -0.2) is 19.2 Å². The molecule has 3 rings (SSSR count). The van der Waals surface area contributed by atoms with Crippen molar-refractivity contribution in [3.8, 4) is 11.5 Å². The maximum atomic E-state index is 5.43. The van der Waals surface area contributed by atoms with E-state index in [1.165, 1.54) is 0 Å². The second kappa shape index (κ2) is 7.31. The first-order valence-electron chi connectivity index (χ1n) is 6.93. The van der Waals surface area contributed by atoms with E-state index in [-0.39, 0.29) is 0 Å². The Kier molecular flexibility index (Phi) is 5.20. The molecule has 22 heavy (non-hydrogen) atoms. The quantitative estimate of drug-likeness (QED) is 0.730. The van der Waals surface area contributed by atoms with Crippen molar-refractivity contribution in [1.82, 2.24) is 4.98 Å². The van der Waals surface area contributed by atoms with Gasteiger partial charge >= 0.3 is 0 Å². The molecule has 2 aromatic carbocycles. The summed E-state index contributed by atoms with van der Waals surface area (Å²) in [7, 11) is 3.30. The molecular weight excluding hydrogens is 276 g/mol. The molecule has 0 radical (unpaired) electrons. The summed E-state index contributed by atoms with van der Waals surface area (Å²) in [6.45, 7) is 1.99. The minimum atomic E-state index is 0.760. The lowest BCUT2D eigenvalue weighted by atomic mass is 10.2. The highest BCUT2D eigenvalue weighted by Gasteiger charge is 1.96. The van der Waals surface area contributed by atoms with Gasteiger partial charge in [0, 0.05) is 16.8 Å². The van der Waals surface area contributed by atoms with Crippen molar-refractivity contribution >= 4 is 16.6 Å². The predicted octanol–water partition coefficient (Wildman–Crippen LogP) is 3.83. The Bertz CT molecular complexity index is 740. The second-order valence-electron chi connectivity index (χ2n) is 4.78. The Morgan fingerprint density at radius 1 is 0.818 bits per heavy atom. The van der Waals surface area contributed by atoms with E-state index in [0.29, 0.717) is 0 Å². The first-order chi connectivity index (χ1) is 10.6.